The predicted octanol–water partition coefficient (Wildman–Crippen LogP) is 3.51. The second kappa shape index (κ2) is 5.29. The summed E-state index contributed by atoms with van der Waals surface area (Å²) in [4.78, 5) is 0. The minimum Gasteiger partial charge on any atom is -0.506 e. The van der Waals surface area contributed by atoms with Crippen LogP contribution >= 0.6 is 0 Å². The molecule has 0 saturated heterocycles. The Balaban J connectivity index is 1.93. The van der Waals surface area contributed by atoms with Gasteiger partial charge in [-0.2, -0.15) is 5.26 Å². The van der Waals surface area contributed by atoms with Gasteiger partial charge in [-0.05, 0) is 35.4 Å². The molecule has 21 heavy (non-hydrogen) atoms. The molecule has 0 aromatic heterocycles. The molecule has 0 fully saturated rings. The summed E-state index contributed by atoms with van der Waals surface area (Å²) in [6, 6.07) is 9.77. The SMILES string of the molecule is N#Cc1cc(F)cc(/C=C/c2ccc3c(c2)CCO3)c1O. The minimum absolute atomic E-state index is 0.0722. The second-order valence-corrected chi connectivity index (χ2v) is 4.80. The van der Waals surface area contributed by atoms with Crippen molar-refractivity contribution in [3.05, 3.63) is 58.4 Å². The summed E-state index contributed by atoms with van der Waals surface area (Å²) in [5, 5.41) is 18.7. The van der Waals surface area contributed by atoms with Crippen molar-refractivity contribution in [1.82, 2.24) is 0 Å². The number of hydrogen-bond donors (Lipinski definition) is 1. The lowest BCUT2D eigenvalue weighted by molar-refractivity contribution is 0.357. The molecule has 0 amide bonds. The van der Waals surface area contributed by atoms with Crippen LogP contribution in [0.15, 0.2) is 30.3 Å². The van der Waals surface area contributed by atoms with Crippen LogP contribution < -0.4 is 4.74 Å². The van der Waals surface area contributed by atoms with Crippen LogP contribution in [-0.2, 0) is 6.42 Å². The smallest absolute Gasteiger partial charge is 0.140 e. The third-order valence-corrected chi connectivity index (χ3v) is 3.39. The van der Waals surface area contributed by atoms with Crippen molar-refractivity contribution in [2.24, 2.45) is 0 Å². The van der Waals surface area contributed by atoms with E-state index in [-0.39, 0.29) is 16.9 Å². The van der Waals surface area contributed by atoms with Crippen molar-refractivity contribution in [3.8, 4) is 17.6 Å². The molecule has 0 bridgehead atoms. The number of fused-ring (bicyclic) bond motifs is 1. The summed E-state index contributed by atoms with van der Waals surface area (Å²) in [6.07, 6.45) is 4.24. The Kier molecular flexibility index (Phi) is 3.33. The van der Waals surface area contributed by atoms with Gasteiger partial charge in [-0.1, -0.05) is 18.2 Å². The Bertz CT molecular complexity index is 775. The molecule has 1 N–H and O–H groups in total. The average Bonchev–Trinajstić information content (AvgIpc) is 2.95. The molecule has 0 spiro atoms. The number of ether oxygens (including phenoxy) is 1. The van der Waals surface area contributed by atoms with Crippen LogP contribution in [0.5, 0.6) is 11.5 Å². The van der Waals surface area contributed by atoms with Gasteiger partial charge in [0.25, 0.3) is 0 Å². The fourth-order valence-electron chi connectivity index (χ4n) is 2.33. The van der Waals surface area contributed by atoms with Gasteiger partial charge >= 0.3 is 0 Å². The van der Waals surface area contributed by atoms with Gasteiger partial charge in [0.05, 0.1) is 12.2 Å². The highest BCUT2D eigenvalue weighted by Crippen LogP contribution is 2.28. The quantitative estimate of drug-likeness (QED) is 0.857. The fraction of sp³-hybridized carbons (Fsp3) is 0.118. The van der Waals surface area contributed by atoms with Crippen molar-refractivity contribution in [2.45, 2.75) is 6.42 Å². The zero-order valence-electron chi connectivity index (χ0n) is 11.1. The van der Waals surface area contributed by atoms with Crippen molar-refractivity contribution < 1.29 is 14.2 Å². The highest BCUT2D eigenvalue weighted by molar-refractivity contribution is 5.74. The van der Waals surface area contributed by atoms with Gasteiger partial charge in [-0.3, -0.25) is 0 Å². The Morgan fingerprint density at radius 2 is 2.10 bits per heavy atom. The van der Waals surface area contributed by atoms with Crippen LogP contribution in [-0.4, -0.2) is 11.7 Å². The Morgan fingerprint density at radius 1 is 1.24 bits per heavy atom. The number of hydrogen-bond acceptors (Lipinski definition) is 3. The fourth-order valence-corrected chi connectivity index (χ4v) is 2.33. The van der Waals surface area contributed by atoms with Crippen molar-refractivity contribution in [2.75, 3.05) is 6.61 Å². The van der Waals surface area contributed by atoms with E-state index in [1.54, 1.807) is 18.2 Å². The first-order valence-electron chi connectivity index (χ1n) is 6.54. The monoisotopic (exact) mass is 281 g/mol. The molecule has 2 aromatic carbocycles. The molecule has 4 heteroatoms. The van der Waals surface area contributed by atoms with E-state index in [1.807, 2.05) is 18.2 Å². The Labute approximate surface area is 121 Å². The second-order valence-electron chi connectivity index (χ2n) is 4.80. The van der Waals surface area contributed by atoms with Crippen LogP contribution in [0.4, 0.5) is 4.39 Å². The van der Waals surface area contributed by atoms with E-state index in [4.69, 9.17) is 10.00 Å². The first kappa shape index (κ1) is 13.2. The molecule has 1 aliphatic heterocycles. The molecule has 3 rings (SSSR count). The van der Waals surface area contributed by atoms with E-state index in [9.17, 15) is 9.50 Å². The van der Waals surface area contributed by atoms with E-state index >= 15 is 0 Å². The largest absolute Gasteiger partial charge is 0.506 e. The standard InChI is InChI=1S/C17H12FNO2/c18-15-8-13(17(20)14(9-15)10-19)3-1-11-2-4-16-12(7-11)5-6-21-16/h1-4,7-9,20H,5-6H2/b3-1+. The molecule has 0 saturated carbocycles. The third-order valence-electron chi connectivity index (χ3n) is 3.39. The van der Waals surface area contributed by atoms with Gasteiger partial charge in [-0.15, -0.1) is 0 Å². The number of phenolic OH excluding ortho intramolecular Hbond substituents is 1. The highest BCUT2D eigenvalue weighted by atomic mass is 19.1. The molecule has 0 radical (unpaired) electrons. The van der Waals surface area contributed by atoms with Crippen LogP contribution in [0.3, 0.4) is 0 Å². The van der Waals surface area contributed by atoms with Crippen LogP contribution in [0.1, 0.15) is 22.3 Å². The van der Waals surface area contributed by atoms with Crippen LogP contribution in [0, 0.1) is 17.1 Å². The van der Waals surface area contributed by atoms with Gasteiger partial charge in [0, 0.05) is 12.0 Å². The van der Waals surface area contributed by atoms with Crippen LogP contribution in [0.25, 0.3) is 12.2 Å². The maximum absolute atomic E-state index is 13.4. The first-order chi connectivity index (χ1) is 10.2. The maximum atomic E-state index is 13.4. The molecule has 0 atom stereocenters. The number of nitriles is 1. The summed E-state index contributed by atoms with van der Waals surface area (Å²) in [6.45, 7) is 0.693. The molecule has 0 unspecified atom stereocenters. The molecular formula is C17H12FNO2. The van der Waals surface area contributed by atoms with Gasteiger partial charge in [0.15, 0.2) is 0 Å². The van der Waals surface area contributed by atoms with E-state index in [1.165, 1.54) is 6.07 Å². The molecule has 104 valence electrons. The molecule has 3 nitrogen and oxygen atoms in total. The summed E-state index contributed by atoms with van der Waals surface area (Å²) in [5.74, 6) is 0.138. The summed E-state index contributed by atoms with van der Waals surface area (Å²) < 4.78 is 18.8. The zero-order chi connectivity index (χ0) is 14.8. The van der Waals surface area contributed by atoms with Gasteiger partial charge in [0.2, 0.25) is 0 Å². The Morgan fingerprint density at radius 3 is 2.90 bits per heavy atom. The summed E-state index contributed by atoms with van der Waals surface area (Å²) >= 11 is 0. The molecule has 1 heterocycles. The summed E-state index contributed by atoms with van der Waals surface area (Å²) in [7, 11) is 0. The highest BCUT2D eigenvalue weighted by Gasteiger charge is 2.11. The van der Waals surface area contributed by atoms with Crippen molar-refractivity contribution >= 4 is 12.2 Å². The Hall–Kier alpha value is -2.80. The van der Waals surface area contributed by atoms with Gasteiger partial charge in [0.1, 0.15) is 23.4 Å². The molecule has 1 aliphatic rings. The van der Waals surface area contributed by atoms with Gasteiger partial charge in [-0.25, -0.2) is 4.39 Å². The lowest BCUT2D eigenvalue weighted by Crippen LogP contribution is -1.85. The van der Waals surface area contributed by atoms with Gasteiger partial charge < -0.3 is 9.84 Å². The number of rotatable bonds is 2. The summed E-state index contributed by atoms with van der Waals surface area (Å²) in [5.41, 5.74) is 2.28. The number of aromatic hydroxyl groups is 1. The number of benzene rings is 2. The van der Waals surface area contributed by atoms with E-state index < -0.39 is 5.82 Å². The molecule has 0 aliphatic carbocycles. The van der Waals surface area contributed by atoms with E-state index in [0.29, 0.717) is 6.61 Å². The van der Waals surface area contributed by atoms with Crippen molar-refractivity contribution in [3.63, 3.8) is 0 Å². The normalized spacial score (nSPS) is 13.0. The van der Waals surface area contributed by atoms with E-state index in [2.05, 4.69) is 0 Å². The number of halogens is 1. The average molecular weight is 281 g/mol. The predicted molar refractivity (Wildman–Crippen MR) is 77.3 cm³/mol. The third kappa shape index (κ3) is 2.59. The topological polar surface area (TPSA) is 53.2 Å². The number of phenols is 1. The lowest BCUT2D eigenvalue weighted by Gasteiger charge is -2.03. The molecular weight excluding hydrogens is 269 g/mol. The zero-order valence-corrected chi connectivity index (χ0v) is 11.1. The van der Waals surface area contributed by atoms with Crippen molar-refractivity contribution in [1.29, 1.82) is 5.26 Å². The lowest BCUT2D eigenvalue weighted by atomic mass is 10.1. The maximum Gasteiger partial charge on any atom is 0.140 e. The first-order valence-corrected chi connectivity index (χ1v) is 6.54. The van der Waals surface area contributed by atoms with E-state index in [0.717, 1.165) is 29.4 Å². The minimum atomic E-state index is -0.550. The van der Waals surface area contributed by atoms with Crippen LogP contribution in [0.2, 0.25) is 0 Å². The number of nitrogens with zero attached hydrogens (tertiary/aromatic N) is 1. The molecule has 2 aromatic rings.